The maximum absolute atomic E-state index is 12.3. The highest BCUT2D eigenvalue weighted by molar-refractivity contribution is 8.00. The summed E-state index contributed by atoms with van der Waals surface area (Å²) in [5, 5.41) is 7.88. The quantitative estimate of drug-likeness (QED) is 0.233. The van der Waals surface area contributed by atoms with Crippen molar-refractivity contribution in [2.24, 2.45) is 0 Å². The first-order valence-corrected chi connectivity index (χ1v) is 10.4. The van der Waals surface area contributed by atoms with Gasteiger partial charge in [-0.05, 0) is 31.2 Å². The van der Waals surface area contributed by atoms with Gasteiger partial charge in [-0.3, -0.25) is 9.59 Å². The van der Waals surface area contributed by atoms with E-state index < -0.39 is 10.4 Å². The number of hydrogen-bond acceptors (Lipinski definition) is 8. The topological polar surface area (TPSA) is 114 Å². The number of nitriles is 1. The second kappa shape index (κ2) is 11.3. The molecule has 27 heavy (non-hydrogen) atoms. The summed E-state index contributed by atoms with van der Waals surface area (Å²) in [4.78, 5) is 25.6. The summed E-state index contributed by atoms with van der Waals surface area (Å²) >= 11 is 1.44. The first-order chi connectivity index (χ1) is 12.9. The maximum Gasteiger partial charge on any atom is 0.499 e. The summed E-state index contributed by atoms with van der Waals surface area (Å²) < 4.78 is 31.2. The third-order valence-corrected chi connectivity index (χ3v) is 4.97. The molecule has 1 saturated heterocycles. The summed E-state index contributed by atoms with van der Waals surface area (Å²) in [5.74, 6) is 0.288. The monoisotopic (exact) mass is 412 g/mol. The van der Waals surface area contributed by atoms with Gasteiger partial charge in [0.15, 0.2) is 0 Å². The number of carbonyl (C=O) groups excluding carboxylic acids is 2. The smallest absolute Gasteiger partial charge is 0.361 e. The van der Waals surface area contributed by atoms with Crippen LogP contribution in [0.3, 0.4) is 0 Å². The van der Waals surface area contributed by atoms with Crippen LogP contribution in [0.2, 0.25) is 0 Å². The summed E-state index contributed by atoms with van der Waals surface area (Å²) in [6.45, 7) is 3.65. The van der Waals surface area contributed by atoms with E-state index in [1.165, 1.54) is 22.7 Å². The van der Waals surface area contributed by atoms with E-state index in [2.05, 4.69) is 8.37 Å². The molecule has 0 spiro atoms. The maximum atomic E-state index is 12.3. The van der Waals surface area contributed by atoms with Crippen molar-refractivity contribution in [1.82, 2.24) is 4.90 Å². The van der Waals surface area contributed by atoms with E-state index in [1.807, 2.05) is 6.92 Å². The molecule has 1 aliphatic rings. The van der Waals surface area contributed by atoms with Gasteiger partial charge in [0.1, 0.15) is 12.5 Å². The molecule has 0 aromatic carbocycles. The number of hydrogen-bond donors (Lipinski definition) is 0. The number of amides is 2. The van der Waals surface area contributed by atoms with Crippen LogP contribution in [0.15, 0.2) is 48.6 Å². The largest absolute Gasteiger partial charge is 0.499 e. The summed E-state index contributed by atoms with van der Waals surface area (Å²) in [6, 6.07) is 1.57. The fraction of sp³-hybridized carbons (Fsp3) is 0.353. The predicted octanol–water partition coefficient (Wildman–Crippen LogP) is 2.55. The van der Waals surface area contributed by atoms with Crippen LogP contribution in [0.25, 0.3) is 0 Å². The minimum atomic E-state index is -4.26. The zero-order valence-electron chi connectivity index (χ0n) is 14.9. The molecule has 0 bridgehead atoms. The Hall–Kier alpha value is -2.51. The molecular weight excluding hydrogens is 392 g/mol. The van der Waals surface area contributed by atoms with Gasteiger partial charge in [-0.25, -0.2) is 4.90 Å². The number of allylic oxidation sites excluding steroid dienone is 5. The summed E-state index contributed by atoms with van der Waals surface area (Å²) in [6.07, 6.45) is 9.27. The molecule has 146 valence electrons. The van der Waals surface area contributed by atoms with Crippen molar-refractivity contribution >= 4 is 34.0 Å². The van der Waals surface area contributed by atoms with E-state index in [4.69, 9.17) is 5.26 Å². The van der Waals surface area contributed by atoms with Crippen molar-refractivity contribution in [3.8, 4) is 6.07 Å². The van der Waals surface area contributed by atoms with Crippen LogP contribution in [0.1, 0.15) is 26.7 Å². The highest BCUT2D eigenvalue weighted by atomic mass is 32.3. The highest BCUT2D eigenvalue weighted by Crippen LogP contribution is 2.28. The SMILES string of the molecule is C/C=C(\C=C\C/C=C/OS(=O)(=O)O/C=C/C#N)N1C(=O)CC(SCC)C1=O. The van der Waals surface area contributed by atoms with Crippen molar-refractivity contribution < 1.29 is 26.4 Å². The van der Waals surface area contributed by atoms with E-state index in [0.717, 1.165) is 18.1 Å². The van der Waals surface area contributed by atoms with Crippen LogP contribution >= 0.6 is 11.8 Å². The molecule has 0 saturated carbocycles. The Kier molecular flexibility index (Phi) is 9.39. The molecule has 10 heteroatoms. The lowest BCUT2D eigenvalue weighted by Crippen LogP contribution is -2.30. The van der Waals surface area contributed by atoms with E-state index >= 15 is 0 Å². The van der Waals surface area contributed by atoms with E-state index in [-0.39, 0.29) is 23.5 Å². The average Bonchev–Trinajstić information content (AvgIpc) is 2.89. The van der Waals surface area contributed by atoms with Gasteiger partial charge in [0.05, 0.1) is 17.4 Å². The molecule has 1 fully saturated rings. The number of rotatable bonds is 10. The van der Waals surface area contributed by atoms with Gasteiger partial charge in [0.25, 0.3) is 0 Å². The summed E-state index contributed by atoms with van der Waals surface area (Å²) in [7, 11) is -4.26. The van der Waals surface area contributed by atoms with Gasteiger partial charge in [-0.1, -0.05) is 19.1 Å². The number of imide groups is 1. The molecule has 1 rings (SSSR count). The van der Waals surface area contributed by atoms with Crippen LogP contribution in [-0.4, -0.2) is 36.1 Å². The van der Waals surface area contributed by atoms with Crippen molar-refractivity contribution in [3.05, 3.63) is 48.6 Å². The van der Waals surface area contributed by atoms with Crippen LogP contribution in [0.5, 0.6) is 0 Å². The standard InChI is InChI=1S/C17H20N2O6S2/c1-3-14(19-16(20)13-15(17(19)21)26-4-2)9-6-5-7-11-24-27(22,23)25-12-8-10-18/h3,6-9,11-12,15H,4-5,13H2,1-2H3/b9-6+,11-7+,12-8+,14-3+. The molecule has 0 aromatic rings. The molecule has 1 unspecified atom stereocenters. The van der Waals surface area contributed by atoms with E-state index in [9.17, 15) is 18.0 Å². The molecule has 1 atom stereocenters. The normalized spacial score (nSPS) is 18.8. The molecule has 1 heterocycles. The Morgan fingerprint density at radius 1 is 1.33 bits per heavy atom. The van der Waals surface area contributed by atoms with Gasteiger partial charge < -0.3 is 8.37 Å². The molecule has 0 aromatic heterocycles. The first kappa shape index (κ1) is 22.5. The van der Waals surface area contributed by atoms with E-state index in [0.29, 0.717) is 18.4 Å². The Labute approximate surface area is 163 Å². The van der Waals surface area contributed by atoms with Crippen molar-refractivity contribution in [3.63, 3.8) is 0 Å². The van der Waals surface area contributed by atoms with Crippen molar-refractivity contribution in [1.29, 1.82) is 5.26 Å². The fourth-order valence-corrected chi connectivity index (χ4v) is 3.45. The lowest BCUT2D eigenvalue weighted by Gasteiger charge is -2.15. The van der Waals surface area contributed by atoms with Crippen molar-refractivity contribution in [2.75, 3.05) is 5.75 Å². The lowest BCUT2D eigenvalue weighted by atomic mass is 10.3. The van der Waals surface area contributed by atoms with E-state index in [1.54, 1.807) is 31.2 Å². The Balaban J connectivity index is 2.58. The van der Waals surface area contributed by atoms with Gasteiger partial charge in [0, 0.05) is 12.1 Å². The molecule has 2 amide bonds. The molecule has 0 N–H and O–H groups in total. The predicted molar refractivity (Wildman–Crippen MR) is 101 cm³/mol. The highest BCUT2D eigenvalue weighted by Gasteiger charge is 2.39. The molecule has 1 aliphatic heterocycles. The lowest BCUT2D eigenvalue weighted by molar-refractivity contribution is -0.135. The molecular formula is C17H20N2O6S2. The Bertz CT molecular complexity index is 806. The number of thioether (sulfide) groups is 1. The molecule has 8 nitrogen and oxygen atoms in total. The average molecular weight is 412 g/mol. The zero-order chi connectivity index (χ0) is 20.3. The third kappa shape index (κ3) is 7.32. The minimum absolute atomic E-state index is 0.189. The Morgan fingerprint density at radius 3 is 2.67 bits per heavy atom. The second-order valence-electron chi connectivity index (χ2n) is 4.97. The first-order valence-electron chi connectivity index (χ1n) is 7.98. The van der Waals surface area contributed by atoms with Crippen LogP contribution < -0.4 is 0 Å². The Morgan fingerprint density at radius 2 is 2.04 bits per heavy atom. The number of likely N-dealkylation sites (tertiary alicyclic amines) is 1. The van der Waals surface area contributed by atoms with Crippen molar-refractivity contribution in [2.45, 2.75) is 31.9 Å². The van der Waals surface area contributed by atoms with Gasteiger partial charge >= 0.3 is 10.4 Å². The summed E-state index contributed by atoms with van der Waals surface area (Å²) in [5.41, 5.74) is 0.469. The third-order valence-electron chi connectivity index (χ3n) is 3.17. The number of carbonyl (C=O) groups is 2. The van der Waals surface area contributed by atoms with Crippen LogP contribution in [-0.2, 0) is 28.4 Å². The second-order valence-corrected chi connectivity index (χ2v) is 7.65. The van der Waals surface area contributed by atoms with Gasteiger partial charge in [-0.15, -0.1) is 20.2 Å². The molecule has 0 aliphatic carbocycles. The van der Waals surface area contributed by atoms with Gasteiger partial charge in [-0.2, -0.15) is 5.26 Å². The number of nitrogens with zero attached hydrogens (tertiary/aromatic N) is 2. The van der Waals surface area contributed by atoms with Crippen LogP contribution in [0, 0.1) is 11.3 Å². The zero-order valence-corrected chi connectivity index (χ0v) is 16.5. The minimum Gasteiger partial charge on any atom is -0.361 e. The fourth-order valence-electron chi connectivity index (χ4n) is 2.09. The molecule has 0 radical (unpaired) electrons. The van der Waals surface area contributed by atoms with Crippen LogP contribution in [0.4, 0.5) is 0 Å². The van der Waals surface area contributed by atoms with Gasteiger partial charge in [0.2, 0.25) is 11.8 Å².